The molecule has 1 spiro atoms. The van der Waals surface area contributed by atoms with E-state index in [1.54, 1.807) is 30.3 Å². The molecule has 10 heteroatoms. The Balaban J connectivity index is 1.57. The first-order valence-electron chi connectivity index (χ1n) is 10.3. The number of hydrogen-bond acceptors (Lipinski definition) is 7. The lowest BCUT2D eigenvalue weighted by molar-refractivity contribution is -0.136. The standard InChI is InChI=1S/C24H18N2O7S/c27-13-2-5-17-19(10-13)32-20-11-14(28)3-6-18(20)24(17)16-4-1-12(9-15(16)22(31)33-24)26-23(34)25-8-7-21(29)30/h1-6,9-11,27-28H,7-8H2,(H,29,30)(H2,25,26,34). The second kappa shape index (κ2) is 7.92. The van der Waals surface area contributed by atoms with Crippen molar-refractivity contribution >= 4 is 35.0 Å². The zero-order valence-electron chi connectivity index (χ0n) is 17.5. The highest BCUT2D eigenvalue weighted by molar-refractivity contribution is 7.80. The molecule has 3 aromatic carbocycles. The molecule has 0 aromatic heterocycles. The number of carboxylic acids is 1. The number of phenolic OH excluding ortho intramolecular Hbond substituents is 2. The number of aromatic hydroxyl groups is 2. The van der Waals surface area contributed by atoms with Crippen molar-refractivity contribution in [3.05, 3.63) is 76.9 Å². The summed E-state index contributed by atoms with van der Waals surface area (Å²) in [7, 11) is 0. The van der Waals surface area contributed by atoms with Gasteiger partial charge < -0.3 is 35.4 Å². The molecule has 0 radical (unpaired) electrons. The van der Waals surface area contributed by atoms with Crippen LogP contribution in [0, 0.1) is 0 Å². The van der Waals surface area contributed by atoms with Gasteiger partial charge in [0.2, 0.25) is 0 Å². The predicted molar refractivity (Wildman–Crippen MR) is 125 cm³/mol. The van der Waals surface area contributed by atoms with Gasteiger partial charge in [0.15, 0.2) is 10.7 Å². The minimum atomic E-state index is -1.34. The number of ether oxygens (including phenoxy) is 2. The molecule has 34 heavy (non-hydrogen) atoms. The van der Waals surface area contributed by atoms with E-state index in [0.717, 1.165) is 0 Å². The fourth-order valence-corrected chi connectivity index (χ4v) is 4.46. The molecule has 2 aliphatic rings. The highest BCUT2D eigenvalue weighted by atomic mass is 32.1. The number of anilines is 1. The molecule has 0 amide bonds. The molecule has 2 aliphatic heterocycles. The number of phenols is 2. The van der Waals surface area contributed by atoms with Crippen LogP contribution in [0.15, 0.2) is 54.6 Å². The number of esters is 1. The Morgan fingerprint density at radius 3 is 2.18 bits per heavy atom. The summed E-state index contributed by atoms with van der Waals surface area (Å²) in [4.78, 5) is 23.7. The quantitative estimate of drug-likeness (QED) is 0.280. The summed E-state index contributed by atoms with van der Waals surface area (Å²) >= 11 is 5.20. The van der Waals surface area contributed by atoms with E-state index in [0.29, 0.717) is 39.4 Å². The van der Waals surface area contributed by atoms with E-state index >= 15 is 0 Å². The molecule has 3 aromatic rings. The van der Waals surface area contributed by atoms with Crippen molar-refractivity contribution in [1.29, 1.82) is 0 Å². The van der Waals surface area contributed by atoms with Gasteiger partial charge in [0.1, 0.15) is 23.0 Å². The summed E-state index contributed by atoms with van der Waals surface area (Å²) in [5.41, 5.74) is 1.11. The Bertz CT molecular complexity index is 1320. The fraction of sp³-hybridized carbons (Fsp3) is 0.125. The lowest BCUT2D eigenvalue weighted by Gasteiger charge is -2.36. The van der Waals surface area contributed by atoms with Crippen molar-refractivity contribution in [2.75, 3.05) is 11.9 Å². The third-order valence-electron chi connectivity index (χ3n) is 5.66. The normalized spacial score (nSPS) is 14.3. The number of hydrogen-bond donors (Lipinski definition) is 5. The van der Waals surface area contributed by atoms with Crippen LogP contribution in [-0.4, -0.2) is 38.9 Å². The van der Waals surface area contributed by atoms with Crippen LogP contribution >= 0.6 is 12.2 Å². The third kappa shape index (κ3) is 3.44. The SMILES string of the molecule is O=C(O)CCNC(=S)Nc1ccc2c(c1)C(=O)OC21c2ccc(O)cc2Oc2cc(O)ccc21. The molecular formula is C24H18N2O7S. The molecule has 0 fully saturated rings. The first-order valence-corrected chi connectivity index (χ1v) is 10.7. The van der Waals surface area contributed by atoms with Crippen molar-refractivity contribution in [2.45, 2.75) is 12.0 Å². The maximum Gasteiger partial charge on any atom is 0.340 e. The molecule has 0 saturated carbocycles. The van der Waals surface area contributed by atoms with Crippen LogP contribution in [0.25, 0.3) is 0 Å². The van der Waals surface area contributed by atoms with Gasteiger partial charge in [-0.25, -0.2) is 4.79 Å². The van der Waals surface area contributed by atoms with Crippen molar-refractivity contribution in [2.24, 2.45) is 0 Å². The Kier molecular flexibility index (Phi) is 5.02. The molecule has 5 rings (SSSR count). The van der Waals surface area contributed by atoms with E-state index in [9.17, 15) is 19.8 Å². The van der Waals surface area contributed by atoms with Crippen LogP contribution in [-0.2, 0) is 15.1 Å². The van der Waals surface area contributed by atoms with Gasteiger partial charge in [-0.3, -0.25) is 4.79 Å². The number of thiocarbonyl (C=S) groups is 1. The number of aliphatic carboxylic acids is 1. The number of carbonyl (C=O) groups excluding carboxylic acids is 1. The van der Waals surface area contributed by atoms with Crippen LogP contribution in [0.2, 0.25) is 0 Å². The molecule has 9 nitrogen and oxygen atoms in total. The molecule has 0 saturated heterocycles. The zero-order valence-corrected chi connectivity index (χ0v) is 18.3. The smallest absolute Gasteiger partial charge is 0.340 e. The summed E-state index contributed by atoms with van der Waals surface area (Å²) in [5.74, 6) is -0.964. The maximum absolute atomic E-state index is 13.1. The minimum absolute atomic E-state index is 0.0227. The van der Waals surface area contributed by atoms with Crippen LogP contribution in [0.4, 0.5) is 5.69 Å². The number of benzene rings is 3. The van der Waals surface area contributed by atoms with Crippen molar-refractivity contribution in [3.63, 3.8) is 0 Å². The van der Waals surface area contributed by atoms with Gasteiger partial charge in [0, 0.05) is 41.1 Å². The summed E-state index contributed by atoms with van der Waals surface area (Å²) in [5, 5.41) is 34.7. The largest absolute Gasteiger partial charge is 0.508 e. The number of carbonyl (C=O) groups is 2. The number of carboxylic acid groups (broad SMARTS) is 1. The predicted octanol–water partition coefficient (Wildman–Crippen LogP) is 3.43. The number of fused-ring (bicyclic) bond motifs is 6. The molecule has 0 atom stereocenters. The first-order chi connectivity index (χ1) is 16.3. The van der Waals surface area contributed by atoms with E-state index in [1.807, 2.05) is 0 Å². The summed E-state index contributed by atoms with van der Waals surface area (Å²) in [6.07, 6.45) is -0.0904. The Morgan fingerprint density at radius 1 is 0.941 bits per heavy atom. The van der Waals surface area contributed by atoms with E-state index in [2.05, 4.69) is 10.6 Å². The first kappa shape index (κ1) is 21.5. The Labute approximate surface area is 198 Å². The number of rotatable bonds is 4. The van der Waals surface area contributed by atoms with Gasteiger partial charge in [0.25, 0.3) is 0 Å². The van der Waals surface area contributed by atoms with Crippen LogP contribution in [0.1, 0.15) is 33.5 Å². The van der Waals surface area contributed by atoms with E-state index in [-0.39, 0.29) is 29.6 Å². The third-order valence-corrected chi connectivity index (χ3v) is 5.90. The molecule has 172 valence electrons. The van der Waals surface area contributed by atoms with Gasteiger partial charge >= 0.3 is 11.9 Å². The fourth-order valence-electron chi connectivity index (χ4n) is 4.24. The molecule has 0 bridgehead atoms. The van der Waals surface area contributed by atoms with Crippen molar-refractivity contribution in [3.8, 4) is 23.0 Å². The highest BCUT2D eigenvalue weighted by Crippen LogP contribution is 2.57. The monoisotopic (exact) mass is 478 g/mol. The van der Waals surface area contributed by atoms with Gasteiger partial charge in [0.05, 0.1) is 12.0 Å². The second-order valence-corrected chi connectivity index (χ2v) is 8.23. The molecule has 0 unspecified atom stereocenters. The summed E-state index contributed by atoms with van der Waals surface area (Å²) in [6, 6.07) is 14.2. The maximum atomic E-state index is 13.1. The molecular weight excluding hydrogens is 460 g/mol. The number of nitrogens with one attached hydrogen (secondary N) is 2. The molecule has 0 aliphatic carbocycles. The van der Waals surface area contributed by atoms with Gasteiger partial charge in [-0.2, -0.15) is 0 Å². The molecule has 5 N–H and O–H groups in total. The van der Waals surface area contributed by atoms with Crippen LogP contribution in [0.5, 0.6) is 23.0 Å². The Hall–Kier alpha value is -4.31. The summed E-state index contributed by atoms with van der Waals surface area (Å²) < 4.78 is 11.9. The van der Waals surface area contributed by atoms with Crippen LogP contribution < -0.4 is 15.4 Å². The van der Waals surface area contributed by atoms with E-state index in [4.69, 9.17) is 26.8 Å². The van der Waals surface area contributed by atoms with Crippen molar-refractivity contribution in [1.82, 2.24) is 5.32 Å². The minimum Gasteiger partial charge on any atom is -0.508 e. The van der Waals surface area contributed by atoms with E-state index < -0.39 is 17.5 Å². The van der Waals surface area contributed by atoms with Gasteiger partial charge in [-0.15, -0.1) is 0 Å². The lowest BCUT2D eigenvalue weighted by atomic mass is 9.77. The van der Waals surface area contributed by atoms with Gasteiger partial charge in [-0.05, 0) is 48.6 Å². The highest BCUT2D eigenvalue weighted by Gasteiger charge is 2.53. The second-order valence-electron chi connectivity index (χ2n) is 7.82. The van der Waals surface area contributed by atoms with Crippen LogP contribution in [0.3, 0.4) is 0 Å². The van der Waals surface area contributed by atoms with Crippen molar-refractivity contribution < 1.29 is 34.4 Å². The average molecular weight is 478 g/mol. The van der Waals surface area contributed by atoms with Gasteiger partial charge in [-0.1, -0.05) is 6.07 Å². The lowest BCUT2D eigenvalue weighted by Crippen LogP contribution is -2.33. The summed E-state index contributed by atoms with van der Waals surface area (Å²) in [6.45, 7) is 0.157. The Morgan fingerprint density at radius 2 is 1.56 bits per heavy atom. The average Bonchev–Trinajstić information content (AvgIpc) is 3.05. The molecule has 2 heterocycles. The van der Waals surface area contributed by atoms with E-state index in [1.165, 1.54) is 24.3 Å². The topological polar surface area (TPSA) is 137 Å². The zero-order chi connectivity index (χ0) is 24.0.